The summed E-state index contributed by atoms with van der Waals surface area (Å²) in [5, 5.41) is 23.3. The van der Waals surface area contributed by atoms with Gasteiger partial charge in [0.05, 0.1) is 18.7 Å². The summed E-state index contributed by atoms with van der Waals surface area (Å²) in [5.74, 6) is -0.396. The molecule has 0 heterocycles. The van der Waals surface area contributed by atoms with Gasteiger partial charge in [0.15, 0.2) is 0 Å². The first-order valence-electron chi connectivity index (χ1n) is 5.99. The maximum absolute atomic E-state index is 11.1. The van der Waals surface area contributed by atoms with E-state index >= 15 is 0 Å². The molecule has 0 aliphatic carbocycles. The fourth-order valence-corrected chi connectivity index (χ4v) is 1.41. The Morgan fingerprint density at radius 1 is 1.60 bits per heavy atom. The smallest absolute Gasteiger partial charge is 0.466 e. The average Bonchev–Trinajstić information content (AvgIpc) is 2.44. The van der Waals surface area contributed by atoms with Crippen molar-refractivity contribution in [2.45, 2.75) is 13.3 Å². The minimum absolute atomic E-state index is 0.00827. The fraction of sp³-hybridized carbons (Fsp3) is 0.231. The first kappa shape index (κ1) is 15.8. The Bertz CT molecular complexity index is 525. The molecule has 0 radical (unpaired) electrons. The predicted octanol–water partition coefficient (Wildman–Crippen LogP) is -0.297. The molecule has 0 saturated heterocycles. The second-order valence-electron chi connectivity index (χ2n) is 3.72. The molecule has 104 valence electrons. The number of terminal acetylenes is 1. The average molecular weight is 274 g/mol. The Kier molecular flexibility index (Phi) is 6.30. The van der Waals surface area contributed by atoms with Crippen molar-refractivity contribution in [1.29, 1.82) is 0 Å². The van der Waals surface area contributed by atoms with E-state index in [0.29, 0.717) is 17.8 Å². The van der Waals surface area contributed by atoms with Gasteiger partial charge in [0.2, 0.25) is 0 Å². The van der Waals surface area contributed by atoms with E-state index in [1.54, 1.807) is 25.1 Å². The number of hydrogen-bond acceptors (Lipinski definition) is 6. The molecule has 0 bridgehead atoms. The number of benzene rings is 1. The summed E-state index contributed by atoms with van der Waals surface area (Å²) < 4.78 is 4.75. The van der Waals surface area contributed by atoms with E-state index < -0.39 is 13.1 Å². The van der Waals surface area contributed by atoms with Crippen molar-refractivity contribution >= 4 is 30.5 Å². The molecule has 7 heteroatoms. The van der Waals surface area contributed by atoms with Gasteiger partial charge in [-0.25, -0.2) is 0 Å². The first-order valence-corrected chi connectivity index (χ1v) is 5.99. The Morgan fingerprint density at radius 2 is 2.35 bits per heavy atom. The summed E-state index contributed by atoms with van der Waals surface area (Å²) in [4.78, 5) is 11.1. The normalized spacial score (nSPS) is 10.1. The van der Waals surface area contributed by atoms with Gasteiger partial charge in [-0.1, -0.05) is 18.6 Å². The molecule has 0 aromatic heterocycles. The molecule has 1 aromatic rings. The van der Waals surface area contributed by atoms with Crippen LogP contribution in [-0.2, 0) is 9.53 Å². The van der Waals surface area contributed by atoms with Crippen LogP contribution in [0.2, 0.25) is 0 Å². The minimum atomic E-state index is -1.59. The van der Waals surface area contributed by atoms with Crippen molar-refractivity contribution in [2.75, 3.05) is 11.6 Å². The molecule has 1 rings (SSSR count). The van der Waals surface area contributed by atoms with E-state index in [4.69, 9.17) is 21.2 Å². The Labute approximate surface area is 117 Å². The van der Waals surface area contributed by atoms with E-state index in [9.17, 15) is 4.79 Å². The monoisotopic (exact) mass is 274 g/mol. The highest BCUT2D eigenvalue weighted by Gasteiger charge is 2.12. The predicted molar refractivity (Wildman–Crippen MR) is 77.3 cm³/mol. The summed E-state index contributed by atoms with van der Waals surface area (Å²) in [6, 6.07) is 8.63. The van der Waals surface area contributed by atoms with Crippen LogP contribution < -0.4 is 10.5 Å². The topological polar surface area (TPSA) is 82.4 Å². The van der Waals surface area contributed by atoms with Crippen molar-refractivity contribution < 1.29 is 19.6 Å². The summed E-state index contributed by atoms with van der Waals surface area (Å²) in [7, 11) is -1.59. The number of hydrazone groups is 1. The molecule has 0 fully saturated rings. The second kappa shape index (κ2) is 7.99. The van der Waals surface area contributed by atoms with Crippen molar-refractivity contribution in [1.82, 2.24) is 0 Å². The van der Waals surface area contributed by atoms with Gasteiger partial charge in [-0.2, -0.15) is 10.1 Å². The van der Waals surface area contributed by atoms with Crippen LogP contribution in [0.4, 0.5) is 5.69 Å². The van der Waals surface area contributed by atoms with E-state index in [1.807, 2.05) is 0 Å². The highest BCUT2D eigenvalue weighted by molar-refractivity contribution is 6.58. The minimum Gasteiger partial charge on any atom is -0.466 e. The molecule has 0 atom stereocenters. The van der Waals surface area contributed by atoms with Crippen LogP contribution >= 0.6 is 0 Å². The molecular weight excluding hydrogens is 259 g/mol. The van der Waals surface area contributed by atoms with Gasteiger partial charge in [-0.15, -0.1) is 0 Å². The van der Waals surface area contributed by atoms with Crippen LogP contribution in [0.1, 0.15) is 13.3 Å². The Hall–Kier alpha value is -2.30. The highest BCUT2D eigenvalue weighted by Crippen LogP contribution is 2.11. The number of nitrogens with zero attached hydrogens (tertiary/aromatic N) is 2. The lowest BCUT2D eigenvalue weighted by Crippen LogP contribution is -2.30. The third-order valence-corrected chi connectivity index (χ3v) is 2.30. The van der Waals surface area contributed by atoms with Gasteiger partial charge < -0.3 is 14.8 Å². The lowest BCUT2D eigenvalue weighted by atomic mass is 9.80. The summed E-state index contributed by atoms with van der Waals surface area (Å²) >= 11 is 0. The lowest BCUT2D eigenvalue weighted by molar-refractivity contribution is -0.141. The highest BCUT2D eigenvalue weighted by atomic mass is 16.5. The molecule has 0 saturated carbocycles. The van der Waals surface area contributed by atoms with Gasteiger partial charge in [0, 0.05) is 12.3 Å². The maximum atomic E-state index is 11.1. The zero-order chi connectivity index (χ0) is 15.0. The molecule has 2 N–H and O–H groups in total. The van der Waals surface area contributed by atoms with Crippen LogP contribution in [0.5, 0.6) is 0 Å². The number of esters is 1. The number of anilines is 1. The summed E-state index contributed by atoms with van der Waals surface area (Å²) in [6.07, 6.45) is 6.67. The maximum Gasteiger partial charge on any atom is 0.488 e. The number of rotatable bonds is 6. The van der Waals surface area contributed by atoms with Crippen molar-refractivity contribution in [3.8, 4) is 12.5 Å². The van der Waals surface area contributed by atoms with E-state index in [-0.39, 0.29) is 6.42 Å². The van der Waals surface area contributed by atoms with Crippen LogP contribution in [0.15, 0.2) is 29.4 Å². The van der Waals surface area contributed by atoms with E-state index in [0.717, 1.165) is 0 Å². The molecule has 1 aromatic carbocycles. The molecular formula is C13H15BN2O4. The van der Waals surface area contributed by atoms with Gasteiger partial charge in [-0.3, -0.25) is 4.79 Å². The SMILES string of the molecule is C#CN(/N=C\CC(=O)OCC)c1cccc(B(O)O)c1. The lowest BCUT2D eigenvalue weighted by Gasteiger charge is -2.12. The summed E-state index contributed by atoms with van der Waals surface area (Å²) in [6.45, 7) is 2.02. The zero-order valence-corrected chi connectivity index (χ0v) is 11.1. The van der Waals surface area contributed by atoms with Crippen molar-refractivity contribution in [2.24, 2.45) is 5.10 Å². The summed E-state index contributed by atoms with van der Waals surface area (Å²) in [5.41, 5.74) is 0.779. The quantitative estimate of drug-likeness (QED) is 0.186. The van der Waals surface area contributed by atoms with Gasteiger partial charge in [0.1, 0.15) is 0 Å². The number of hydrogen-bond donors (Lipinski definition) is 2. The second-order valence-corrected chi connectivity index (χ2v) is 3.72. The third-order valence-electron chi connectivity index (χ3n) is 2.30. The largest absolute Gasteiger partial charge is 0.488 e. The van der Waals surface area contributed by atoms with Gasteiger partial charge in [-0.05, 0) is 24.5 Å². The number of carbonyl (C=O) groups is 1. The standard InChI is InChI=1S/C13H15BN2O4/c1-3-16(15-9-8-13(17)20-4-2)12-7-5-6-11(10-12)14(18)19/h1,5-7,9-10,18-19H,4,8H2,2H3/b15-9-. The molecule has 0 unspecified atom stereocenters. The number of ether oxygens (including phenoxy) is 1. The van der Waals surface area contributed by atoms with Crippen LogP contribution in [0.3, 0.4) is 0 Å². The third kappa shape index (κ3) is 4.76. The molecule has 20 heavy (non-hydrogen) atoms. The molecule has 0 aliphatic heterocycles. The molecule has 0 aliphatic rings. The van der Waals surface area contributed by atoms with Gasteiger partial charge >= 0.3 is 13.1 Å². The van der Waals surface area contributed by atoms with E-state index in [1.165, 1.54) is 17.3 Å². The molecule has 0 amide bonds. The van der Waals surface area contributed by atoms with Gasteiger partial charge in [0.25, 0.3) is 0 Å². The zero-order valence-electron chi connectivity index (χ0n) is 11.1. The van der Waals surface area contributed by atoms with Crippen LogP contribution in [0, 0.1) is 12.5 Å². The molecule has 0 spiro atoms. The van der Waals surface area contributed by atoms with Crippen LogP contribution in [0.25, 0.3) is 0 Å². The van der Waals surface area contributed by atoms with Crippen LogP contribution in [-0.4, -0.2) is 36.0 Å². The first-order chi connectivity index (χ1) is 9.58. The Balaban J connectivity index is 2.76. The van der Waals surface area contributed by atoms with Crippen molar-refractivity contribution in [3.05, 3.63) is 24.3 Å². The molecule has 6 nitrogen and oxygen atoms in total. The van der Waals surface area contributed by atoms with Crippen molar-refractivity contribution in [3.63, 3.8) is 0 Å². The number of carbonyl (C=O) groups excluding carboxylic acids is 1. The Morgan fingerprint density at radius 3 is 2.95 bits per heavy atom. The fourth-order valence-electron chi connectivity index (χ4n) is 1.41. The van der Waals surface area contributed by atoms with E-state index in [2.05, 4.69) is 11.1 Å².